The standard InChI is InChI=1S/C29H30N4O4/c1-37-22-10-11-23-19(16-30-25(23)15-22)7-12-27(35)33-21-9-6-18(13-21)28(33)29(36)31-20-8-5-17-3-2-4-26(34)32-24(17)14-20/h5,7-8,10-12,14-16,18,21,28,30H,2-4,6,9,13H2,1H3,(H,31,36)(H,32,34)/b12-7+. The molecule has 2 aromatic carbocycles. The third-order valence-corrected chi connectivity index (χ3v) is 7.94. The number of H-pyrrole nitrogens is 1. The van der Waals surface area contributed by atoms with E-state index in [0.29, 0.717) is 12.1 Å². The monoisotopic (exact) mass is 498 g/mol. The van der Waals surface area contributed by atoms with Gasteiger partial charge in [0.2, 0.25) is 17.7 Å². The van der Waals surface area contributed by atoms with Gasteiger partial charge in [0.1, 0.15) is 11.8 Å². The van der Waals surface area contributed by atoms with Crippen molar-refractivity contribution in [1.82, 2.24) is 9.88 Å². The molecule has 0 spiro atoms. The molecule has 3 aliphatic rings. The number of aryl methyl sites for hydroxylation is 1. The van der Waals surface area contributed by atoms with E-state index < -0.39 is 6.04 Å². The predicted octanol–water partition coefficient (Wildman–Crippen LogP) is 4.48. The Balaban J connectivity index is 1.20. The SMILES string of the molecule is COc1ccc2c(/C=C/C(=O)N3C4CCC(C4)C3C(=O)Nc3ccc4c(c3)NC(=O)CCC4)c[nH]c2c1. The minimum atomic E-state index is -0.503. The minimum Gasteiger partial charge on any atom is -0.497 e. The third-order valence-electron chi connectivity index (χ3n) is 7.94. The lowest BCUT2D eigenvalue weighted by Gasteiger charge is -2.33. The normalized spacial score (nSPS) is 22.7. The van der Waals surface area contributed by atoms with Crippen molar-refractivity contribution in [2.45, 2.75) is 50.6 Å². The van der Waals surface area contributed by atoms with Gasteiger partial charge >= 0.3 is 0 Å². The lowest BCUT2D eigenvalue weighted by atomic mass is 9.97. The van der Waals surface area contributed by atoms with Crippen LogP contribution in [0.25, 0.3) is 17.0 Å². The molecule has 6 rings (SSSR count). The first-order chi connectivity index (χ1) is 18.0. The Hall–Kier alpha value is -4.07. The van der Waals surface area contributed by atoms with Crippen molar-refractivity contribution in [2.24, 2.45) is 5.92 Å². The molecule has 1 aromatic heterocycles. The van der Waals surface area contributed by atoms with E-state index in [1.165, 1.54) is 0 Å². The van der Waals surface area contributed by atoms with Crippen molar-refractivity contribution in [3.63, 3.8) is 0 Å². The van der Waals surface area contributed by atoms with Crippen LogP contribution in [0.5, 0.6) is 5.75 Å². The molecule has 2 bridgehead atoms. The van der Waals surface area contributed by atoms with Crippen molar-refractivity contribution in [3.05, 3.63) is 59.8 Å². The van der Waals surface area contributed by atoms with Gasteiger partial charge in [-0.25, -0.2) is 0 Å². The van der Waals surface area contributed by atoms with E-state index in [0.717, 1.165) is 65.6 Å². The van der Waals surface area contributed by atoms with Crippen LogP contribution in [0, 0.1) is 5.92 Å². The molecule has 0 radical (unpaired) electrons. The van der Waals surface area contributed by atoms with Crippen LogP contribution in [-0.4, -0.2) is 46.8 Å². The van der Waals surface area contributed by atoms with Crippen LogP contribution in [0.15, 0.2) is 48.7 Å². The van der Waals surface area contributed by atoms with E-state index in [4.69, 9.17) is 4.74 Å². The van der Waals surface area contributed by atoms with E-state index in [2.05, 4.69) is 15.6 Å². The fourth-order valence-electron chi connectivity index (χ4n) is 6.14. The highest BCUT2D eigenvalue weighted by molar-refractivity contribution is 6.02. The molecule has 3 aromatic rings. The molecule has 1 aliphatic carbocycles. The third kappa shape index (κ3) is 4.37. The predicted molar refractivity (Wildman–Crippen MR) is 142 cm³/mol. The van der Waals surface area contributed by atoms with Crippen LogP contribution in [-0.2, 0) is 20.8 Å². The van der Waals surface area contributed by atoms with Gasteiger partial charge in [0.15, 0.2) is 0 Å². The summed E-state index contributed by atoms with van der Waals surface area (Å²) in [6.45, 7) is 0. The van der Waals surface area contributed by atoms with Crippen LogP contribution in [0.3, 0.4) is 0 Å². The number of nitrogens with one attached hydrogen (secondary N) is 3. The van der Waals surface area contributed by atoms with E-state index in [-0.39, 0.29) is 29.7 Å². The molecule has 3 heterocycles. The zero-order chi connectivity index (χ0) is 25.5. The molecule has 190 valence electrons. The summed E-state index contributed by atoms with van der Waals surface area (Å²) in [5.41, 5.74) is 4.29. The Labute approximate surface area is 215 Å². The summed E-state index contributed by atoms with van der Waals surface area (Å²) in [6.07, 6.45) is 10.1. The Morgan fingerprint density at radius 1 is 1.14 bits per heavy atom. The van der Waals surface area contributed by atoms with Crippen molar-refractivity contribution in [3.8, 4) is 5.75 Å². The average molecular weight is 499 g/mol. The molecule has 3 unspecified atom stereocenters. The molecule has 1 saturated heterocycles. The number of ether oxygens (including phenoxy) is 1. The summed E-state index contributed by atoms with van der Waals surface area (Å²) >= 11 is 0. The number of fused-ring (bicyclic) bond motifs is 4. The van der Waals surface area contributed by atoms with Gasteiger partial charge in [-0.15, -0.1) is 0 Å². The molecule has 2 aliphatic heterocycles. The highest BCUT2D eigenvalue weighted by atomic mass is 16.5. The van der Waals surface area contributed by atoms with Crippen molar-refractivity contribution in [2.75, 3.05) is 17.7 Å². The first-order valence-corrected chi connectivity index (χ1v) is 12.9. The Kier molecular flexibility index (Phi) is 5.94. The molecule has 8 heteroatoms. The van der Waals surface area contributed by atoms with Crippen LogP contribution in [0.2, 0.25) is 0 Å². The van der Waals surface area contributed by atoms with Gasteiger partial charge in [0, 0.05) is 53.1 Å². The molecular formula is C29H30N4O4. The van der Waals surface area contributed by atoms with Crippen molar-refractivity contribution in [1.29, 1.82) is 0 Å². The van der Waals surface area contributed by atoms with Crippen LogP contribution >= 0.6 is 0 Å². The summed E-state index contributed by atoms with van der Waals surface area (Å²) in [5, 5.41) is 6.95. The lowest BCUT2D eigenvalue weighted by molar-refractivity contribution is -0.136. The number of rotatable bonds is 5. The first kappa shape index (κ1) is 23.3. The quantitative estimate of drug-likeness (QED) is 0.451. The number of nitrogens with zero attached hydrogens (tertiary/aromatic N) is 1. The Bertz CT molecular complexity index is 1420. The second kappa shape index (κ2) is 9.42. The number of piperidine rings is 1. The zero-order valence-electron chi connectivity index (χ0n) is 20.8. The number of carbonyl (C=O) groups excluding carboxylic acids is 3. The number of likely N-dealkylation sites (tertiary alicyclic amines) is 1. The summed E-state index contributed by atoms with van der Waals surface area (Å²) in [4.78, 5) is 43.8. The topological polar surface area (TPSA) is 104 Å². The number of anilines is 2. The number of aromatic amines is 1. The second-order valence-corrected chi connectivity index (χ2v) is 10.2. The summed E-state index contributed by atoms with van der Waals surface area (Å²) in [6, 6.07) is 11.0. The highest BCUT2D eigenvalue weighted by Crippen LogP contribution is 2.43. The van der Waals surface area contributed by atoms with Gasteiger partial charge in [0.25, 0.3) is 0 Å². The minimum absolute atomic E-state index is 0.00627. The van der Waals surface area contributed by atoms with Crippen molar-refractivity contribution >= 4 is 46.1 Å². The van der Waals surface area contributed by atoms with Gasteiger partial charge in [-0.05, 0) is 79.5 Å². The number of amides is 3. The maximum Gasteiger partial charge on any atom is 0.247 e. The smallest absolute Gasteiger partial charge is 0.247 e. The molecule has 3 amide bonds. The van der Waals surface area contributed by atoms with Crippen molar-refractivity contribution < 1.29 is 19.1 Å². The van der Waals surface area contributed by atoms with E-state index >= 15 is 0 Å². The van der Waals surface area contributed by atoms with Gasteiger partial charge in [-0.2, -0.15) is 0 Å². The largest absolute Gasteiger partial charge is 0.497 e. The van der Waals surface area contributed by atoms with Crippen LogP contribution in [0.4, 0.5) is 11.4 Å². The highest BCUT2D eigenvalue weighted by Gasteiger charge is 2.50. The summed E-state index contributed by atoms with van der Waals surface area (Å²) < 4.78 is 5.28. The fourth-order valence-corrected chi connectivity index (χ4v) is 6.14. The molecule has 8 nitrogen and oxygen atoms in total. The molecule has 37 heavy (non-hydrogen) atoms. The first-order valence-electron chi connectivity index (χ1n) is 12.9. The summed E-state index contributed by atoms with van der Waals surface area (Å²) in [7, 11) is 1.63. The van der Waals surface area contributed by atoms with Gasteiger partial charge in [-0.3, -0.25) is 14.4 Å². The molecular weight excluding hydrogens is 468 g/mol. The number of hydrogen-bond donors (Lipinski definition) is 3. The van der Waals surface area contributed by atoms with Gasteiger partial charge in [-0.1, -0.05) is 6.07 Å². The second-order valence-electron chi connectivity index (χ2n) is 10.2. The zero-order valence-corrected chi connectivity index (χ0v) is 20.8. The van der Waals surface area contributed by atoms with Crippen LogP contribution < -0.4 is 15.4 Å². The number of hydrogen-bond acceptors (Lipinski definition) is 4. The molecule has 1 saturated carbocycles. The maximum atomic E-state index is 13.5. The van der Waals surface area contributed by atoms with Crippen LogP contribution in [0.1, 0.15) is 43.2 Å². The number of carbonyl (C=O) groups is 3. The van der Waals surface area contributed by atoms with E-state index in [9.17, 15) is 14.4 Å². The number of aromatic nitrogens is 1. The number of methoxy groups -OCH3 is 1. The molecule has 3 N–H and O–H groups in total. The summed E-state index contributed by atoms with van der Waals surface area (Å²) in [5.74, 6) is 0.592. The van der Waals surface area contributed by atoms with E-state index in [1.54, 1.807) is 18.1 Å². The maximum absolute atomic E-state index is 13.5. The Morgan fingerprint density at radius 2 is 2.03 bits per heavy atom. The van der Waals surface area contributed by atoms with Gasteiger partial charge in [0.05, 0.1) is 7.11 Å². The fraction of sp³-hybridized carbons (Fsp3) is 0.345. The molecule has 3 atom stereocenters. The van der Waals surface area contributed by atoms with Gasteiger partial charge < -0.3 is 25.3 Å². The molecule has 2 fully saturated rings. The lowest BCUT2D eigenvalue weighted by Crippen LogP contribution is -2.50. The van der Waals surface area contributed by atoms with E-state index in [1.807, 2.05) is 48.7 Å². The number of benzene rings is 2. The average Bonchev–Trinajstić information content (AvgIpc) is 3.59. The Morgan fingerprint density at radius 3 is 2.89 bits per heavy atom.